The van der Waals surface area contributed by atoms with Gasteiger partial charge in [0.15, 0.2) is 0 Å². The highest BCUT2D eigenvalue weighted by molar-refractivity contribution is 5.94. The first kappa shape index (κ1) is 12.2. The van der Waals surface area contributed by atoms with E-state index in [1.807, 2.05) is 0 Å². The average Bonchev–Trinajstić information content (AvgIpc) is 2.27. The minimum atomic E-state index is -0.323. The maximum absolute atomic E-state index is 11.4. The lowest BCUT2D eigenvalue weighted by atomic mass is 10.2. The molecule has 0 unspecified atom stereocenters. The molecule has 0 aliphatic rings. The molecule has 0 fully saturated rings. The maximum atomic E-state index is 11.4. The normalized spacial score (nSPS) is 9.62. The predicted octanol–water partition coefficient (Wildman–Crippen LogP) is 0.253. The molecule has 0 aliphatic heterocycles. The van der Waals surface area contributed by atoms with Crippen molar-refractivity contribution in [3.05, 3.63) is 29.8 Å². The summed E-state index contributed by atoms with van der Waals surface area (Å²) >= 11 is 0. The number of anilines is 1. The summed E-state index contributed by atoms with van der Waals surface area (Å²) in [6.45, 7) is 1.13. The van der Waals surface area contributed by atoms with Gasteiger partial charge in [-0.3, -0.25) is 9.59 Å². The van der Waals surface area contributed by atoms with Crippen molar-refractivity contribution in [2.24, 2.45) is 0 Å². The molecule has 86 valence electrons. The first-order valence-corrected chi connectivity index (χ1v) is 4.86. The van der Waals surface area contributed by atoms with E-state index in [0.29, 0.717) is 11.3 Å². The molecule has 5 heteroatoms. The third kappa shape index (κ3) is 3.70. The minimum absolute atomic E-state index is 0.0743. The third-order valence-electron chi connectivity index (χ3n) is 1.96. The topological polar surface area (TPSA) is 78.4 Å². The summed E-state index contributed by atoms with van der Waals surface area (Å²) in [5.41, 5.74) is 1.19. The summed E-state index contributed by atoms with van der Waals surface area (Å²) in [5, 5.41) is 14.0. The SMILES string of the molecule is CC(=O)NCC(=O)Nc1ccccc1CO. The largest absolute Gasteiger partial charge is 0.392 e. The molecule has 0 spiro atoms. The fourth-order valence-electron chi connectivity index (χ4n) is 1.18. The van der Waals surface area contributed by atoms with E-state index in [1.165, 1.54) is 6.92 Å². The van der Waals surface area contributed by atoms with Gasteiger partial charge in [0, 0.05) is 18.2 Å². The fraction of sp³-hybridized carbons (Fsp3) is 0.273. The standard InChI is InChI=1S/C11H14N2O3/c1-8(15)12-6-11(16)13-10-5-3-2-4-9(10)7-14/h2-5,14H,6-7H2,1H3,(H,12,15)(H,13,16). The number of aliphatic hydroxyl groups excluding tert-OH is 1. The second-order valence-electron chi connectivity index (χ2n) is 3.27. The number of carbonyl (C=O) groups excluding carboxylic acids is 2. The molecule has 0 radical (unpaired) electrons. The highest BCUT2D eigenvalue weighted by atomic mass is 16.3. The molecule has 0 bridgehead atoms. The van der Waals surface area contributed by atoms with E-state index in [2.05, 4.69) is 10.6 Å². The van der Waals surface area contributed by atoms with Gasteiger partial charge in [0.25, 0.3) is 0 Å². The van der Waals surface area contributed by atoms with Crippen LogP contribution in [0.25, 0.3) is 0 Å². The van der Waals surface area contributed by atoms with Gasteiger partial charge in [0.1, 0.15) is 0 Å². The molecule has 0 saturated heterocycles. The number of aliphatic hydroxyl groups is 1. The second kappa shape index (κ2) is 5.87. The molecule has 1 rings (SSSR count). The number of carbonyl (C=O) groups is 2. The molecule has 16 heavy (non-hydrogen) atoms. The van der Waals surface area contributed by atoms with E-state index < -0.39 is 0 Å². The Bertz CT molecular complexity index is 391. The van der Waals surface area contributed by atoms with E-state index in [-0.39, 0.29) is 25.0 Å². The van der Waals surface area contributed by atoms with Crippen LogP contribution in [0.3, 0.4) is 0 Å². The zero-order chi connectivity index (χ0) is 12.0. The van der Waals surface area contributed by atoms with Gasteiger partial charge in [-0.05, 0) is 6.07 Å². The van der Waals surface area contributed by atoms with Gasteiger partial charge in [-0.15, -0.1) is 0 Å². The van der Waals surface area contributed by atoms with Crippen LogP contribution in [0.5, 0.6) is 0 Å². The van der Waals surface area contributed by atoms with Gasteiger partial charge in [0.2, 0.25) is 11.8 Å². The monoisotopic (exact) mass is 222 g/mol. The zero-order valence-electron chi connectivity index (χ0n) is 8.99. The molecule has 5 nitrogen and oxygen atoms in total. The van der Waals surface area contributed by atoms with Crippen molar-refractivity contribution in [2.75, 3.05) is 11.9 Å². The molecule has 0 aliphatic carbocycles. The number of benzene rings is 1. The van der Waals surface area contributed by atoms with E-state index >= 15 is 0 Å². The number of nitrogens with one attached hydrogen (secondary N) is 2. The number of para-hydroxylation sites is 1. The Morgan fingerprint density at radius 1 is 1.31 bits per heavy atom. The van der Waals surface area contributed by atoms with Gasteiger partial charge in [-0.2, -0.15) is 0 Å². The minimum Gasteiger partial charge on any atom is -0.392 e. The lowest BCUT2D eigenvalue weighted by molar-refractivity contribution is -0.122. The molecule has 1 aromatic carbocycles. The van der Waals surface area contributed by atoms with Gasteiger partial charge >= 0.3 is 0 Å². The smallest absolute Gasteiger partial charge is 0.243 e. The lowest BCUT2D eigenvalue weighted by Crippen LogP contribution is -2.31. The Morgan fingerprint density at radius 3 is 2.62 bits per heavy atom. The Labute approximate surface area is 93.5 Å². The molecular weight excluding hydrogens is 208 g/mol. The van der Waals surface area contributed by atoms with Crippen LogP contribution in [0, 0.1) is 0 Å². The van der Waals surface area contributed by atoms with E-state index in [4.69, 9.17) is 5.11 Å². The van der Waals surface area contributed by atoms with E-state index in [1.54, 1.807) is 24.3 Å². The van der Waals surface area contributed by atoms with Crippen LogP contribution >= 0.6 is 0 Å². The quantitative estimate of drug-likeness (QED) is 0.683. The van der Waals surface area contributed by atoms with Crippen molar-refractivity contribution in [1.82, 2.24) is 5.32 Å². The molecular formula is C11H14N2O3. The van der Waals surface area contributed by atoms with Crippen LogP contribution in [0.2, 0.25) is 0 Å². The maximum Gasteiger partial charge on any atom is 0.243 e. The molecule has 1 aromatic rings. The highest BCUT2D eigenvalue weighted by Gasteiger charge is 2.05. The van der Waals surface area contributed by atoms with Gasteiger partial charge in [0.05, 0.1) is 13.2 Å². The number of hydrogen-bond donors (Lipinski definition) is 3. The van der Waals surface area contributed by atoms with Gasteiger partial charge < -0.3 is 15.7 Å². The van der Waals surface area contributed by atoms with Crippen LogP contribution < -0.4 is 10.6 Å². The number of hydrogen-bond acceptors (Lipinski definition) is 3. The van der Waals surface area contributed by atoms with Crippen molar-refractivity contribution in [1.29, 1.82) is 0 Å². The lowest BCUT2D eigenvalue weighted by Gasteiger charge is -2.09. The summed E-state index contributed by atoms with van der Waals surface area (Å²) in [6, 6.07) is 6.94. The average molecular weight is 222 g/mol. The number of amides is 2. The molecule has 3 N–H and O–H groups in total. The first-order valence-electron chi connectivity index (χ1n) is 4.86. The summed E-state index contributed by atoms with van der Waals surface area (Å²) < 4.78 is 0. The van der Waals surface area contributed by atoms with Crippen LogP contribution in [-0.2, 0) is 16.2 Å². The second-order valence-corrected chi connectivity index (χ2v) is 3.27. The van der Waals surface area contributed by atoms with Gasteiger partial charge in [-0.25, -0.2) is 0 Å². The fourth-order valence-corrected chi connectivity index (χ4v) is 1.18. The third-order valence-corrected chi connectivity index (χ3v) is 1.96. The van der Waals surface area contributed by atoms with Crippen molar-refractivity contribution in [2.45, 2.75) is 13.5 Å². The summed E-state index contributed by atoms with van der Waals surface area (Å²) in [4.78, 5) is 22.0. The molecule has 2 amide bonds. The molecule has 0 heterocycles. The van der Waals surface area contributed by atoms with Crippen LogP contribution in [-0.4, -0.2) is 23.5 Å². The van der Waals surface area contributed by atoms with Crippen molar-refractivity contribution in [3.63, 3.8) is 0 Å². The Balaban J connectivity index is 2.58. The van der Waals surface area contributed by atoms with Crippen LogP contribution in [0.1, 0.15) is 12.5 Å². The molecule has 0 atom stereocenters. The van der Waals surface area contributed by atoms with Crippen molar-refractivity contribution >= 4 is 17.5 Å². The van der Waals surface area contributed by atoms with E-state index in [0.717, 1.165) is 0 Å². The molecule has 0 aromatic heterocycles. The van der Waals surface area contributed by atoms with Crippen molar-refractivity contribution in [3.8, 4) is 0 Å². The van der Waals surface area contributed by atoms with Crippen molar-refractivity contribution < 1.29 is 14.7 Å². The Morgan fingerprint density at radius 2 is 2.00 bits per heavy atom. The predicted molar refractivity (Wildman–Crippen MR) is 59.7 cm³/mol. The summed E-state index contributed by atoms with van der Waals surface area (Å²) in [5.74, 6) is -0.582. The first-order chi connectivity index (χ1) is 7.63. The van der Waals surface area contributed by atoms with Crippen LogP contribution in [0.15, 0.2) is 24.3 Å². The van der Waals surface area contributed by atoms with Crippen LogP contribution in [0.4, 0.5) is 5.69 Å². The van der Waals surface area contributed by atoms with E-state index in [9.17, 15) is 9.59 Å². The summed E-state index contributed by atoms with van der Waals surface area (Å²) in [6.07, 6.45) is 0. The summed E-state index contributed by atoms with van der Waals surface area (Å²) in [7, 11) is 0. The Hall–Kier alpha value is -1.88. The highest BCUT2D eigenvalue weighted by Crippen LogP contribution is 2.14. The number of rotatable bonds is 4. The Kier molecular flexibility index (Phi) is 4.47. The molecule has 0 saturated carbocycles. The van der Waals surface area contributed by atoms with Gasteiger partial charge in [-0.1, -0.05) is 18.2 Å². The zero-order valence-corrected chi connectivity index (χ0v) is 8.99.